The lowest BCUT2D eigenvalue weighted by Gasteiger charge is -2.17. The molecule has 0 saturated carbocycles. The second-order valence-electron chi connectivity index (χ2n) is 9.96. The summed E-state index contributed by atoms with van der Waals surface area (Å²) < 4.78 is 33.8. The standard InChI is InChI=1S/C35H27BrFN3O4/c1-3-7-24-16-23(17-31(42-4-2)33(24)43-21-22-10-13-27(37)14-11-22)20-38-40-34(39-29-9-6-5-8-28(29)35(40)41)32-19-25-18-26(36)12-15-30(25)44-32/h3,5-6,8-20H,1,4,7,21H2,2H3. The maximum atomic E-state index is 13.7. The first-order chi connectivity index (χ1) is 21.4. The van der Waals surface area contributed by atoms with Crippen LogP contribution < -0.4 is 15.0 Å². The average molecular weight is 653 g/mol. The molecule has 0 spiro atoms. The Morgan fingerprint density at radius 3 is 2.66 bits per heavy atom. The normalized spacial score (nSPS) is 11.4. The van der Waals surface area contributed by atoms with Crippen LogP contribution in [0.25, 0.3) is 33.5 Å². The largest absolute Gasteiger partial charge is 0.490 e. The highest BCUT2D eigenvalue weighted by molar-refractivity contribution is 9.10. The number of fused-ring (bicyclic) bond motifs is 2. The number of allylic oxidation sites excluding steroid dienone is 1. The van der Waals surface area contributed by atoms with Gasteiger partial charge in [0.05, 0.1) is 23.7 Å². The zero-order chi connectivity index (χ0) is 30.6. The summed E-state index contributed by atoms with van der Waals surface area (Å²) in [5.74, 6) is 1.45. The van der Waals surface area contributed by atoms with Crippen LogP contribution in [0.5, 0.6) is 11.5 Å². The SMILES string of the molecule is C=CCc1cc(C=Nn2c(-c3cc4cc(Br)ccc4o3)nc3ccccc3c2=O)cc(OCC)c1OCc1ccc(F)cc1. The highest BCUT2D eigenvalue weighted by Gasteiger charge is 2.18. The molecule has 7 nitrogen and oxygen atoms in total. The summed E-state index contributed by atoms with van der Waals surface area (Å²) in [6, 6.07) is 24.5. The molecule has 44 heavy (non-hydrogen) atoms. The molecule has 2 heterocycles. The Balaban J connectivity index is 1.43. The zero-order valence-corrected chi connectivity index (χ0v) is 25.4. The van der Waals surface area contributed by atoms with E-state index in [0.29, 0.717) is 52.3 Å². The van der Waals surface area contributed by atoms with Gasteiger partial charge < -0.3 is 13.9 Å². The van der Waals surface area contributed by atoms with Crippen molar-refractivity contribution in [3.05, 3.63) is 135 Å². The van der Waals surface area contributed by atoms with Crippen LogP contribution in [0.15, 0.2) is 116 Å². The summed E-state index contributed by atoms with van der Waals surface area (Å²) in [6.07, 6.45) is 3.85. The molecular formula is C35H27BrFN3O4. The monoisotopic (exact) mass is 651 g/mol. The highest BCUT2D eigenvalue weighted by Crippen LogP contribution is 2.35. The first-order valence-electron chi connectivity index (χ1n) is 14.0. The first-order valence-corrected chi connectivity index (χ1v) is 14.8. The molecular weight excluding hydrogens is 625 g/mol. The zero-order valence-electron chi connectivity index (χ0n) is 23.8. The van der Waals surface area contributed by atoms with Crippen molar-refractivity contribution in [1.82, 2.24) is 9.66 Å². The van der Waals surface area contributed by atoms with Gasteiger partial charge in [0, 0.05) is 15.4 Å². The molecule has 2 aromatic heterocycles. The van der Waals surface area contributed by atoms with Crippen LogP contribution >= 0.6 is 15.9 Å². The van der Waals surface area contributed by atoms with E-state index in [4.69, 9.17) is 18.9 Å². The fraction of sp³-hybridized carbons (Fsp3) is 0.114. The van der Waals surface area contributed by atoms with E-state index in [2.05, 4.69) is 27.6 Å². The van der Waals surface area contributed by atoms with Gasteiger partial charge >= 0.3 is 0 Å². The van der Waals surface area contributed by atoms with Gasteiger partial charge in [0.25, 0.3) is 5.56 Å². The Morgan fingerprint density at radius 2 is 1.86 bits per heavy atom. The minimum absolute atomic E-state index is 0.230. The molecule has 0 saturated heterocycles. The van der Waals surface area contributed by atoms with Crippen molar-refractivity contribution in [2.45, 2.75) is 20.0 Å². The van der Waals surface area contributed by atoms with E-state index in [1.807, 2.05) is 43.3 Å². The number of ether oxygens (including phenoxy) is 2. The van der Waals surface area contributed by atoms with E-state index in [-0.39, 0.29) is 23.8 Å². The molecule has 9 heteroatoms. The third-order valence-electron chi connectivity index (χ3n) is 6.89. The lowest BCUT2D eigenvalue weighted by Crippen LogP contribution is -2.20. The predicted octanol–water partition coefficient (Wildman–Crippen LogP) is 8.30. The highest BCUT2D eigenvalue weighted by atomic mass is 79.9. The molecule has 0 fully saturated rings. The summed E-state index contributed by atoms with van der Waals surface area (Å²) in [5.41, 5.74) is 3.18. The lowest BCUT2D eigenvalue weighted by molar-refractivity contribution is 0.267. The molecule has 0 N–H and O–H groups in total. The van der Waals surface area contributed by atoms with Crippen molar-refractivity contribution in [1.29, 1.82) is 0 Å². The molecule has 220 valence electrons. The third kappa shape index (κ3) is 6.05. The maximum Gasteiger partial charge on any atom is 0.282 e. The molecule has 0 bridgehead atoms. The molecule has 4 aromatic carbocycles. The number of halogens is 2. The molecule has 0 unspecified atom stereocenters. The Hall–Kier alpha value is -5.02. The van der Waals surface area contributed by atoms with Crippen LogP contribution in [-0.4, -0.2) is 22.5 Å². The van der Waals surface area contributed by atoms with Gasteiger partial charge in [-0.25, -0.2) is 9.37 Å². The van der Waals surface area contributed by atoms with Crippen molar-refractivity contribution >= 4 is 44.0 Å². The summed E-state index contributed by atoms with van der Waals surface area (Å²) in [7, 11) is 0. The Labute approximate surface area is 261 Å². The molecule has 0 aliphatic rings. The molecule has 0 atom stereocenters. The van der Waals surface area contributed by atoms with Gasteiger partial charge in [-0.05, 0) is 85.1 Å². The van der Waals surface area contributed by atoms with Crippen LogP contribution in [0.2, 0.25) is 0 Å². The van der Waals surface area contributed by atoms with E-state index in [1.54, 1.807) is 48.7 Å². The molecule has 0 amide bonds. The number of benzene rings is 4. The van der Waals surface area contributed by atoms with E-state index >= 15 is 0 Å². The quantitative estimate of drug-likeness (QED) is 0.110. The van der Waals surface area contributed by atoms with Gasteiger partial charge in [0.1, 0.15) is 18.0 Å². The summed E-state index contributed by atoms with van der Waals surface area (Å²) in [4.78, 5) is 18.5. The van der Waals surface area contributed by atoms with Gasteiger partial charge in [0.15, 0.2) is 17.3 Å². The smallest absolute Gasteiger partial charge is 0.282 e. The van der Waals surface area contributed by atoms with E-state index in [0.717, 1.165) is 21.0 Å². The number of para-hydroxylation sites is 1. The minimum Gasteiger partial charge on any atom is -0.490 e. The number of hydrogen-bond donors (Lipinski definition) is 0. The Morgan fingerprint density at radius 1 is 1.05 bits per heavy atom. The van der Waals surface area contributed by atoms with Crippen molar-refractivity contribution < 1.29 is 18.3 Å². The molecule has 6 rings (SSSR count). The number of aromatic nitrogens is 2. The van der Waals surface area contributed by atoms with Gasteiger partial charge in [0.2, 0.25) is 5.82 Å². The number of rotatable bonds is 10. The summed E-state index contributed by atoms with van der Waals surface area (Å²) >= 11 is 3.50. The molecule has 6 aromatic rings. The van der Waals surface area contributed by atoms with E-state index < -0.39 is 0 Å². The van der Waals surface area contributed by atoms with Crippen molar-refractivity contribution in [3.8, 4) is 23.1 Å². The summed E-state index contributed by atoms with van der Waals surface area (Å²) in [5, 5.41) is 5.90. The second kappa shape index (κ2) is 12.7. The van der Waals surface area contributed by atoms with E-state index in [1.165, 1.54) is 16.8 Å². The van der Waals surface area contributed by atoms with Gasteiger partial charge in [-0.15, -0.1) is 6.58 Å². The van der Waals surface area contributed by atoms with E-state index in [9.17, 15) is 9.18 Å². The van der Waals surface area contributed by atoms with Gasteiger partial charge in [-0.3, -0.25) is 4.79 Å². The molecule has 0 radical (unpaired) electrons. The first kappa shape index (κ1) is 29.1. The van der Waals surface area contributed by atoms with Crippen LogP contribution in [0.3, 0.4) is 0 Å². The van der Waals surface area contributed by atoms with Crippen LogP contribution in [0.4, 0.5) is 4.39 Å². The molecule has 0 aliphatic carbocycles. The van der Waals surface area contributed by atoms with Crippen molar-refractivity contribution in [3.63, 3.8) is 0 Å². The van der Waals surface area contributed by atoms with Gasteiger partial charge in [-0.1, -0.05) is 46.3 Å². The van der Waals surface area contributed by atoms with Crippen LogP contribution in [-0.2, 0) is 13.0 Å². The Bertz CT molecular complexity index is 2080. The molecule has 0 aliphatic heterocycles. The second-order valence-corrected chi connectivity index (χ2v) is 10.9. The van der Waals surface area contributed by atoms with Crippen molar-refractivity contribution in [2.24, 2.45) is 5.10 Å². The number of furan rings is 1. The van der Waals surface area contributed by atoms with Gasteiger partial charge in [-0.2, -0.15) is 9.78 Å². The predicted molar refractivity (Wildman–Crippen MR) is 174 cm³/mol. The maximum absolute atomic E-state index is 13.7. The average Bonchev–Trinajstić information content (AvgIpc) is 3.44. The topological polar surface area (TPSA) is 78.9 Å². The van der Waals surface area contributed by atoms with Crippen molar-refractivity contribution in [2.75, 3.05) is 6.61 Å². The fourth-order valence-corrected chi connectivity index (χ4v) is 5.25. The summed E-state index contributed by atoms with van der Waals surface area (Å²) in [6.45, 7) is 6.41. The lowest BCUT2D eigenvalue weighted by atomic mass is 10.1. The Kier molecular flexibility index (Phi) is 8.38. The number of hydrogen-bond acceptors (Lipinski definition) is 6. The number of nitrogens with zero attached hydrogens (tertiary/aromatic N) is 3. The van der Waals surface area contributed by atoms with Crippen LogP contribution in [0.1, 0.15) is 23.6 Å². The van der Waals surface area contributed by atoms with Crippen LogP contribution in [0, 0.1) is 5.82 Å². The third-order valence-corrected chi connectivity index (χ3v) is 7.38. The minimum atomic E-state index is -0.334. The fourth-order valence-electron chi connectivity index (χ4n) is 4.87.